The Hall–Kier alpha value is -2.84. The molecule has 0 bridgehead atoms. The van der Waals surface area contributed by atoms with Crippen LogP contribution in [0, 0.1) is 0 Å². The Bertz CT molecular complexity index is 855. The molecule has 0 aliphatic carbocycles. The van der Waals surface area contributed by atoms with Crippen LogP contribution < -0.4 is 14.8 Å². The number of hydrogen-bond donors (Lipinski definition) is 1. The maximum atomic E-state index is 12.8. The lowest BCUT2D eigenvalue weighted by Gasteiger charge is -2.37. The van der Waals surface area contributed by atoms with Gasteiger partial charge in [-0.2, -0.15) is 0 Å². The summed E-state index contributed by atoms with van der Waals surface area (Å²) in [4.78, 5) is 19.0. The zero-order valence-corrected chi connectivity index (χ0v) is 16.6. The van der Waals surface area contributed by atoms with Crippen molar-refractivity contribution >= 4 is 17.4 Å². The van der Waals surface area contributed by atoms with Gasteiger partial charge < -0.3 is 29.2 Å². The van der Waals surface area contributed by atoms with Gasteiger partial charge in [0.05, 0.1) is 33.0 Å². The monoisotopic (exact) mass is 399 g/mol. The van der Waals surface area contributed by atoms with Crippen molar-refractivity contribution in [1.82, 2.24) is 9.88 Å². The fourth-order valence-electron chi connectivity index (χ4n) is 3.67. The summed E-state index contributed by atoms with van der Waals surface area (Å²) < 4.78 is 22.0. The van der Waals surface area contributed by atoms with Crippen LogP contribution in [-0.2, 0) is 9.47 Å². The van der Waals surface area contributed by atoms with E-state index in [1.54, 1.807) is 32.5 Å². The zero-order chi connectivity index (χ0) is 20.3. The molecule has 0 unspecified atom stereocenters. The predicted octanol–water partition coefficient (Wildman–Crippen LogP) is 2.82. The van der Waals surface area contributed by atoms with Crippen LogP contribution in [0.2, 0.25) is 0 Å². The smallest absolute Gasteiger partial charge is 0.255 e. The Kier molecular flexibility index (Phi) is 5.55. The third-order valence-electron chi connectivity index (χ3n) is 5.29. The Labute approximate surface area is 169 Å². The molecule has 154 valence electrons. The van der Waals surface area contributed by atoms with Gasteiger partial charge in [0.15, 0.2) is 17.3 Å². The molecule has 2 saturated heterocycles. The van der Waals surface area contributed by atoms with Crippen LogP contribution in [0.5, 0.6) is 11.5 Å². The van der Waals surface area contributed by atoms with Crippen LogP contribution in [0.4, 0.5) is 11.5 Å². The number of ether oxygens (including phenoxy) is 4. The normalized spacial score (nSPS) is 17.9. The van der Waals surface area contributed by atoms with Crippen molar-refractivity contribution in [3.05, 3.63) is 42.1 Å². The van der Waals surface area contributed by atoms with Gasteiger partial charge in [-0.3, -0.25) is 4.79 Å². The van der Waals surface area contributed by atoms with Crippen LogP contribution in [0.15, 0.2) is 36.5 Å². The predicted molar refractivity (Wildman–Crippen MR) is 107 cm³/mol. The van der Waals surface area contributed by atoms with Crippen molar-refractivity contribution in [3.63, 3.8) is 0 Å². The lowest BCUT2D eigenvalue weighted by atomic mass is 10.0. The van der Waals surface area contributed by atoms with Crippen LogP contribution in [-0.4, -0.2) is 62.1 Å². The number of aromatic nitrogens is 1. The van der Waals surface area contributed by atoms with Gasteiger partial charge in [0, 0.05) is 43.9 Å². The number of nitrogens with one attached hydrogen (secondary N) is 1. The van der Waals surface area contributed by atoms with Crippen molar-refractivity contribution < 1.29 is 23.7 Å². The van der Waals surface area contributed by atoms with E-state index in [4.69, 9.17) is 18.9 Å². The summed E-state index contributed by atoms with van der Waals surface area (Å²) in [5.41, 5.74) is 1.37. The van der Waals surface area contributed by atoms with Gasteiger partial charge >= 0.3 is 0 Å². The number of anilines is 2. The number of methoxy groups -OCH3 is 2. The number of pyridine rings is 1. The van der Waals surface area contributed by atoms with Crippen molar-refractivity contribution in [1.29, 1.82) is 0 Å². The van der Waals surface area contributed by atoms with E-state index >= 15 is 0 Å². The molecule has 3 heterocycles. The summed E-state index contributed by atoms with van der Waals surface area (Å²) in [6.45, 7) is 2.49. The second-order valence-electron chi connectivity index (χ2n) is 7.03. The lowest BCUT2D eigenvalue weighted by Crippen LogP contribution is -2.47. The number of piperidine rings is 1. The largest absolute Gasteiger partial charge is 0.493 e. The molecule has 1 spiro atoms. The number of hydrogen-bond acceptors (Lipinski definition) is 7. The molecule has 29 heavy (non-hydrogen) atoms. The van der Waals surface area contributed by atoms with Crippen LogP contribution >= 0.6 is 0 Å². The second kappa shape index (κ2) is 8.26. The quantitative estimate of drug-likeness (QED) is 0.828. The summed E-state index contributed by atoms with van der Waals surface area (Å²) in [7, 11) is 3.19. The highest BCUT2D eigenvalue weighted by atomic mass is 16.7. The molecule has 1 N–H and O–H groups in total. The van der Waals surface area contributed by atoms with E-state index in [0.717, 1.165) is 5.69 Å². The Morgan fingerprint density at radius 1 is 1.07 bits per heavy atom. The van der Waals surface area contributed by atoms with Gasteiger partial charge in [-0.15, -0.1) is 0 Å². The highest BCUT2D eigenvalue weighted by Gasteiger charge is 2.40. The molecule has 1 aromatic carbocycles. The summed E-state index contributed by atoms with van der Waals surface area (Å²) >= 11 is 0. The van der Waals surface area contributed by atoms with E-state index in [-0.39, 0.29) is 5.91 Å². The highest BCUT2D eigenvalue weighted by molar-refractivity contribution is 5.94. The fraction of sp³-hybridized carbons (Fsp3) is 0.429. The lowest BCUT2D eigenvalue weighted by molar-refractivity contribution is -0.181. The molecule has 1 aromatic heterocycles. The number of carbonyl (C=O) groups is 1. The minimum atomic E-state index is -0.484. The first-order valence-electron chi connectivity index (χ1n) is 9.65. The molecule has 1 amide bonds. The first kappa shape index (κ1) is 19.5. The topological polar surface area (TPSA) is 82.2 Å². The zero-order valence-electron chi connectivity index (χ0n) is 16.6. The van der Waals surface area contributed by atoms with E-state index in [0.29, 0.717) is 62.0 Å². The van der Waals surface area contributed by atoms with Crippen LogP contribution in [0.3, 0.4) is 0 Å². The molecule has 0 radical (unpaired) electrons. The number of rotatable bonds is 5. The molecule has 2 aliphatic heterocycles. The van der Waals surface area contributed by atoms with E-state index < -0.39 is 5.79 Å². The van der Waals surface area contributed by atoms with Crippen molar-refractivity contribution in [3.8, 4) is 11.5 Å². The minimum absolute atomic E-state index is 0.0250. The SMILES string of the molecule is COc1ccc(Nc2ccc(C(=O)N3CCC4(CC3)OCCO4)cn2)cc1OC. The molecule has 2 aromatic rings. The molecular weight excluding hydrogens is 374 g/mol. The number of carbonyl (C=O) groups excluding carboxylic acids is 1. The Balaban J connectivity index is 1.38. The van der Waals surface area contributed by atoms with Crippen molar-refractivity contribution in [2.45, 2.75) is 18.6 Å². The first-order valence-corrected chi connectivity index (χ1v) is 9.65. The summed E-state index contributed by atoms with van der Waals surface area (Å²) in [6, 6.07) is 9.10. The average molecular weight is 399 g/mol. The van der Waals surface area contributed by atoms with Gasteiger partial charge in [0.2, 0.25) is 0 Å². The van der Waals surface area contributed by atoms with Crippen molar-refractivity contribution in [2.24, 2.45) is 0 Å². The molecule has 8 heteroatoms. The average Bonchev–Trinajstić information content (AvgIpc) is 3.22. The Morgan fingerprint density at radius 3 is 2.41 bits per heavy atom. The molecule has 2 fully saturated rings. The van der Waals surface area contributed by atoms with Crippen LogP contribution in [0.1, 0.15) is 23.2 Å². The number of likely N-dealkylation sites (tertiary alicyclic amines) is 1. The summed E-state index contributed by atoms with van der Waals surface area (Å²) in [5, 5.41) is 3.20. The van der Waals surface area contributed by atoms with Gasteiger partial charge in [0.1, 0.15) is 5.82 Å². The molecule has 0 saturated carbocycles. The molecule has 8 nitrogen and oxygen atoms in total. The third-order valence-corrected chi connectivity index (χ3v) is 5.29. The molecule has 4 rings (SSSR count). The first-order chi connectivity index (χ1) is 14.1. The highest BCUT2D eigenvalue weighted by Crippen LogP contribution is 2.32. The van der Waals surface area contributed by atoms with E-state index in [1.165, 1.54) is 0 Å². The van der Waals surface area contributed by atoms with E-state index in [1.807, 2.05) is 23.1 Å². The fourth-order valence-corrected chi connectivity index (χ4v) is 3.67. The van der Waals surface area contributed by atoms with Gasteiger partial charge in [-0.25, -0.2) is 4.98 Å². The molecule has 2 aliphatic rings. The van der Waals surface area contributed by atoms with Gasteiger partial charge in [-0.05, 0) is 24.3 Å². The molecule has 0 atom stereocenters. The number of amides is 1. The summed E-state index contributed by atoms with van der Waals surface area (Å²) in [5.74, 6) is 1.41. The maximum absolute atomic E-state index is 12.8. The standard InChI is InChI=1S/C21H25N3O5/c1-26-17-5-4-16(13-18(17)27-2)23-19-6-3-15(14-22-19)20(25)24-9-7-21(8-10-24)28-11-12-29-21/h3-6,13-14H,7-12H2,1-2H3,(H,22,23). The minimum Gasteiger partial charge on any atom is -0.493 e. The van der Waals surface area contributed by atoms with Crippen LogP contribution in [0.25, 0.3) is 0 Å². The summed E-state index contributed by atoms with van der Waals surface area (Å²) in [6.07, 6.45) is 2.99. The van der Waals surface area contributed by atoms with E-state index in [9.17, 15) is 4.79 Å². The maximum Gasteiger partial charge on any atom is 0.255 e. The third kappa shape index (κ3) is 4.13. The Morgan fingerprint density at radius 2 is 1.79 bits per heavy atom. The van der Waals surface area contributed by atoms with Gasteiger partial charge in [0.25, 0.3) is 5.91 Å². The van der Waals surface area contributed by atoms with Crippen molar-refractivity contribution in [2.75, 3.05) is 45.8 Å². The number of benzene rings is 1. The number of nitrogens with zero attached hydrogens (tertiary/aromatic N) is 2. The van der Waals surface area contributed by atoms with E-state index in [2.05, 4.69) is 10.3 Å². The second-order valence-corrected chi connectivity index (χ2v) is 7.03. The van der Waals surface area contributed by atoms with Gasteiger partial charge in [-0.1, -0.05) is 0 Å². The molecular formula is C21H25N3O5.